The lowest BCUT2D eigenvalue weighted by molar-refractivity contribution is -0.386. The van der Waals surface area contributed by atoms with Gasteiger partial charge in [-0.2, -0.15) is 5.26 Å². The van der Waals surface area contributed by atoms with E-state index in [1.165, 1.54) is 19.3 Å². The smallest absolute Gasteiger partial charge is 0.315 e. The summed E-state index contributed by atoms with van der Waals surface area (Å²) in [4.78, 5) is 22.8. The number of hydrogen-bond acceptors (Lipinski definition) is 6. The highest BCUT2D eigenvalue weighted by molar-refractivity contribution is 6.10. The Kier molecular flexibility index (Phi) is 5.42. The number of fused-ring (bicyclic) bond motifs is 1. The van der Waals surface area contributed by atoms with Crippen LogP contribution >= 0.6 is 0 Å². The van der Waals surface area contributed by atoms with Crippen LogP contribution in [0, 0.1) is 21.4 Å². The molecule has 0 saturated heterocycles. The second-order valence-electron chi connectivity index (χ2n) is 6.03. The van der Waals surface area contributed by atoms with Crippen LogP contribution in [-0.4, -0.2) is 23.0 Å². The van der Waals surface area contributed by atoms with Crippen molar-refractivity contribution in [3.05, 3.63) is 75.8 Å². The number of methoxy groups -OCH3 is 1. The van der Waals surface area contributed by atoms with Crippen molar-refractivity contribution in [3.63, 3.8) is 0 Å². The minimum atomic E-state index is -0.781. The number of ether oxygens (including phenoxy) is 1. The van der Waals surface area contributed by atoms with Crippen molar-refractivity contribution >= 4 is 34.1 Å². The van der Waals surface area contributed by atoms with Crippen LogP contribution in [0.4, 0.5) is 11.4 Å². The van der Waals surface area contributed by atoms with Gasteiger partial charge >= 0.3 is 5.69 Å². The summed E-state index contributed by atoms with van der Waals surface area (Å²) in [5.74, 6) is -1.44. The molecule has 8 nitrogen and oxygen atoms in total. The number of phenolic OH excluding ortho intramolecular Hbond substituents is 1. The van der Waals surface area contributed by atoms with Crippen LogP contribution in [0.25, 0.3) is 16.8 Å². The highest BCUT2D eigenvalue weighted by atomic mass is 16.6. The van der Waals surface area contributed by atoms with Crippen molar-refractivity contribution < 1.29 is 19.6 Å². The Morgan fingerprint density at radius 1 is 1.21 bits per heavy atom. The highest BCUT2D eigenvalue weighted by Gasteiger charge is 2.20. The fourth-order valence-electron chi connectivity index (χ4n) is 2.77. The highest BCUT2D eigenvalue weighted by Crippen LogP contribution is 2.37. The molecule has 3 rings (SSSR count). The second-order valence-corrected chi connectivity index (χ2v) is 6.03. The molecule has 144 valence electrons. The van der Waals surface area contributed by atoms with Gasteiger partial charge in [0.25, 0.3) is 5.91 Å². The van der Waals surface area contributed by atoms with Gasteiger partial charge in [-0.15, -0.1) is 0 Å². The van der Waals surface area contributed by atoms with Crippen LogP contribution in [0.15, 0.2) is 60.2 Å². The third-order valence-electron chi connectivity index (χ3n) is 4.18. The van der Waals surface area contributed by atoms with Gasteiger partial charge in [-0.05, 0) is 40.6 Å². The summed E-state index contributed by atoms with van der Waals surface area (Å²) in [7, 11) is 1.24. The number of nitriles is 1. The Labute approximate surface area is 165 Å². The predicted molar refractivity (Wildman–Crippen MR) is 107 cm³/mol. The van der Waals surface area contributed by atoms with Gasteiger partial charge in [-0.1, -0.05) is 30.3 Å². The van der Waals surface area contributed by atoms with Gasteiger partial charge in [-0.3, -0.25) is 14.9 Å². The Hall–Kier alpha value is -4.38. The standard InChI is InChI=1S/C21H15N3O5/c1-29-19-10-13(9-18(20(19)25)24(27)28)8-16(12-22)21(26)23-17-7-6-14-4-2-3-5-15(14)11-17/h2-11,25H,1H3,(H,23,26). The van der Waals surface area contributed by atoms with E-state index in [9.17, 15) is 25.3 Å². The average Bonchev–Trinajstić information content (AvgIpc) is 2.72. The number of benzene rings is 3. The molecule has 0 radical (unpaired) electrons. The summed E-state index contributed by atoms with van der Waals surface area (Å²) in [6.45, 7) is 0. The minimum absolute atomic E-state index is 0.141. The summed E-state index contributed by atoms with van der Waals surface area (Å²) >= 11 is 0. The molecule has 0 aliphatic carbocycles. The third-order valence-corrected chi connectivity index (χ3v) is 4.18. The molecule has 0 aliphatic heterocycles. The number of carbonyl (C=O) groups excluding carboxylic acids is 1. The monoisotopic (exact) mass is 389 g/mol. The number of aromatic hydroxyl groups is 1. The largest absolute Gasteiger partial charge is 0.500 e. The Balaban J connectivity index is 1.92. The zero-order valence-electron chi connectivity index (χ0n) is 15.2. The van der Waals surface area contributed by atoms with Gasteiger partial charge in [-0.25, -0.2) is 0 Å². The van der Waals surface area contributed by atoms with E-state index in [4.69, 9.17) is 4.74 Å². The van der Waals surface area contributed by atoms with E-state index in [-0.39, 0.29) is 16.9 Å². The normalized spacial score (nSPS) is 11.0. The summed E-state index contributed by atoms with van der Waals surface area (Å²) in [5.41, 5.74) is -0.191. The molecule has 0 aromatic heterocycles. The number of rotatable bonds is 5. The number of carbonyl (C=O) groups is 1. The van der Waals surface area contributed by atoms with Crippen LogP contribution in [0.3, 0.4) is 0 Å². The van der Waals surface area contributed by atoms with Gasteiger partial charge in [0.2, 0.25) is 5.75 Å². The first kappa shape index (κ1) is 19.4. The first-order chi connectivity index (χ1) is 13.9. The van der Waals surface area contributed by atoms with Crippen molar-refractivity contribution in [2.75, 3.05) is 12.4 Å². The van der Waals surface area contributed by atoms with E-state index in [2.05, 4.69) is 5.32 Å². The molecule has 0 atom stereocenters. The average molecular weight is 389 g/mol. The molecule has 3 aromatic carbocycles. The first-order valence-electron chi connectivity index (χ1n) is 8.40. The van der Waals surface area contributed by atoms with Gasteiger partial charge in [0.1, 0.15) is 11.6 Å². The SMILES string of the molecule is COc1cc(C=C(C#N)C(=O)Nc2ccc3ccccc3c2)cc([N+](=O)[O-])c1O. The zero-order chi connectivity index (χ0) is 21.0. The van der Waals surface area contributed by atoms with Crippen molar-refractivity contribution in [1.29, 1.82) is 5.26 Å². The Morgan fingerprint density at radius 3 is 2.59 bits per heavy atom. The molecule has 1 amide bonds. The number of phenols is 1. The van der Waals surface area contributed by atoms with Crippen LogP contribution < -0.4 is 10.1 Å². The fourth-order valence-corrected chi connectivity index (χ4v) is 2.77. The van der Waals surface area contributed by atoms with Gasteiger partial charge in [0.15, 0.2) is 5.75 Å². The van der Waals surface area contributed by atoms with Crippen LogP contribution in [-0.2, 0) is 4.79 Å². The quantitative estimate of drug-likeness (QED) is 0.294. The van der Waals surface area contributed by atoms with Gasteiger partial charge in [0, 0.05) is 11.8 Å². The minimum Gasteiger partial charge on any atom is -0.500 e. The maximum atomic E-state index is 12.5. The molecule has 8 heteroatoms. The molecule has 2 N–H and O–H groups in total. The number of anilines is 1. The molecular formula is C21H15N3O5. The number of nitrogens with one attached hydrogen (secondary N) is 1. The number of nitro groups is 1. The van der Waals surface area contributed by atoms with E-state index < -0.39 is 22.3 Å². The number of amides is 1. The first-order valence-corrected chi connectivity index (χ1v) is 8.40. The number of nitro benzene ring substituents is 1. The maximum absolute atomic E-state index is 12.5. The van der Waals surface area contributed by atoms with Gasteiger partial charge < -0.3 is 15.2 Å². The van der Waals surface area contributed by atoms with Crippen LogP contribution in [0.1, 0.15) is 5.56 Å². The molecular weight excluding hydrogens is 374 g/mol. The number of hydrogen-bond donors (Lipinski definition) is 2. The Morgan fingerprint density at radius 2 is 1.93 bits per heavy atom. The molecule has 0 unspecified atom stereocenters. The zero-order valence-corrected chi connectivity index (χ0v) is 15.2. The van der Waals surface area contributed by atoms with Crippen molar-refractivity contribution in [2.24, 2.45) is 0 Å². The van der Waals surface area contributed by atoms with E-state index in [0.29, 0.717) is 5.69 Å². The lowest BCUT2D eigenvalue weighted by Crippen LogP contribution is -2.13. The maximum Gasteiger partial charge on any atom is 0.315 e. The summed E-state index contributed by atoms with van der Waals surface area (Å²) in [6, 6.07) is 17.1. The lowest BCUT2D eigenvalue weighted by Gasteiger charge is -2.07. The van der Waals surface area contributed by atoms with Crippen molar-refractivity contribution in [2.45, 2.75) is 0 Å². The topological polar surface area (TPSA) is 125 Å². The molecule has 0 heterocycles. The number of nitrogens with zero attached hydrogens (tertiary/aromatic N) is 2. The molecule has 29 heavy (non-hydrogen) atoms. The predicted octanol–water partition coefficient (Wildman–Crippen LogP) is 4.01. The van der Waals surface area contributed by atoms with E-state index in [1.807, 2.05) is 30.3 Å². The molecule has 0 saturated carbocycles. The van der Waals surface area contributed by atoms with E-state index in [1.54, 1.807) is 18.2 Å². The molecule has 0 fully saturated rings. The molecule has 0 bridgehead atoms. The van der Waals surface area contributed by atoms with Crippen LogP contribution in [0.5, 0.6) is 11.5 Å². The van der Waals surface area contributed by atoms with E-state index >= 15 is 0 Å². The summed E-state index contributed by atoms with van der Waals surface area (Å²) in [5, 5.41) is 34.9. The Bertz CT molecular complexity index is 1190. The molecule has 0 spiro atoms. The van der Waals surface area contributed by atoms with Gasteiger partial charge in [0.05, 0.1) is 12.0 Å². The van der Waals surface area contributed by atoms with E-state index in [0.717, 1.165) is 16.8 Å². The molecule has 0 aliphatic rings. The molecule has 3 aromatic rings. The lowest BCUT2D eigenvalue weighted by atomic mass is 10.1. The third kappa shape index (κ3) is 4.14. The van der Waals surface area contributed by atoms with Crippen molar-refractivity contribution in [3.8, 4) is 17.6 Å². The van der Waals surface area contributed by atoms with Crippen molar-refractivity contribution in [1.82, 2.24) is 0 Å². The second kappa shape index (κ2) is 8.10. The summed E-state index contributed by atoms with van der Waals surface area (Å²) in [6.07, 6.45) is 1.19. The van der Waals surface area contributed by atoms with Crippen LogP contribution in [0.2, 0.25) is 0 Å². The summed E-state index contributed by atoms with van der Waals surface area (Å²) < 4.78 is 4.92. The fraction of sp³-hybridized carbons (Fsp3) is 0.0476.